The molecule has 1 saturated heterocycles. The predicted octanol–water partition coefficient (Wildman–Crippen LogP) is 5.61. The molecule has 4 aromatic rings. The van der Waals surface area contributed by atoms with E-state index >= 15 is 0 Å². The third-order valence-corrected chi connectivity index (χ3v) is 6.69. The van der Waals surface area contributed by atoms with Crippen molar-refractivity contribution in [2.24, 2.45) is 0 Å². The number of rotatable bonds is 7. The van der Waals surface area contributed by atoms with E-state index < -0.39 is 0 Å². The molecule has 1 atom stereocenters. The van der Waals surface area contributed by atoms with Gasteiger partial charge in [-0.1, -0.05) is 35.9 Å². The number of anilines is 1. The van der Waals surface area contributed by atoms with E-state index in [0.29, 0.717) is 31.9 Å². The molecule has 0 spiro atoms. The predicted molar refractivity (Wildman–Crippen MR) is 134 cm³/mol. The minimum absolute atomic E-state index is 0.0254. The summed E-state index contributed by atoms with van der Waals surface area (Å²) in [5.74, 6) is 2.43. The molecule has 6 nitrogen and oxygen atoms in total. The van der Waals surface area contributed by atoms with Crippen LogP contribution in [0.4, 0.5) is 5.69 Å². The number of hydrogen-bond acceptors (Lipinski definition) is 4. The number of imidazole rings is 1. The Morgan fingerprint density at radius 2 is 1.88 bits per heavy atom. The summed E-state index contributed by atoms with van der Waals surface area (Å²) < 4.78 is 13.7. The average molecular weight is 476 g/mol. The van der Waals surface area contributed by atoms with Crippen LogP contribution in [0, 0.1) is 6.92 Å². The number of benzene rings is 3. The van der Waals surface area contributed by atoms with Crippen LogP contribution < -0.4 is 14.4 Å². The van der Waals surface area contributed by atoms with Gasteiger partial charge < -0.3 is 18.9 Å². The van der Waals surface area contributed by atoms with E-state index in [4.69, 9.17) is 26.1 Å². The van der Waals surface area contributed by atoms with Crippen LogP contribution in [0.25, 0.3) is 11.0 Å². The van der Waals surface area contributed by atoms with Crippen molar-refractivity contribution in [3.8, 4) is 11.5 Å². The van der Waals surface area contributed by atoms with Gasteiger partial charge in [0.05, 0.1) is 30.4 Å². The maximum absolute atomic E-state index is 13.0. The summed E-state index contributed by atoms with van der Waals surface area (Å²) in [6, 6.07) is 21.4. The number of aromatic nitrogens is 2. The summed E-state index contributed by atoms with van der Waals surface area (Å²) in [7, 11) is 1.62. The van der Waals surface area contributed by atoms with Crippen LogP contribution in [-0.2, 0) is 11.3 Å². The van der Waals surface area contributed by atoms with Crippen molar-refractivity contribution in [1.82, 2.24) is 9.55 Å². The number of nitrogens with zero attached hydrogens (tertiary/aromatic N) is 3. The molecule has 1 aliphatic heterocycles. The molecule has 0 saturated carbocycles. The first kappa shape index (κ1) is 22.3. The zero-order chi connectivity index (χ0) is 23.7. The second kappa shape index (κ2) is 9.39. The molecule has 1 amide bonds. The van der Waals surface area contributed by atoms with Crippen molar-refractivity contribution in [1.29, 1.82) is 0 Å². The third kappa shape index (κ3) is 4.21. The Hall–Kier alpha value is -3.51. The Morgan fingerprint density at radius 3 is 2.71 bits per heavy atom. The molecule has 0 bridgehead atoms. The molecule has 1 aliphatic rings. The number of methoxy groups -OCH3 is 1. The van der Waals surface area contributed by atoms with Crippen LogP contribution in [0.3, 0.4) is 0 Å². The van der Waals surface area contributed by atoms with Crippen LogP contribution in [-0.4, -0.2) is 35.7 Å². The average Bonchev–Trinajstić information content (AvgIpc) is 3.42. The van der Waals surface area contributed by atoms with Gasteiger partial charge in [0.25, 0.3) is 0 Å². The lowest BCUT2D eigenvalue weighted by atomic mass is 10.1. The number of halogens is 1. The van der Waals surface area contributed by atoms with Crippen molar-refractivity contribution >= 4 is 34.2 Å². The van der Waals surface area contributed by atoms with Gasteiger partial charge in [-0.3, -0.25) is 4.79 Å². The summed E-state index contributed by atoms with van der Waals surface area (Å²) >= 11 is 6.13. The molecule has 0 N–H and O–H groups in total. The highest BCUT2D eigenvalue weighted by atomic mass is 35.5. The van der Waals surface area contributed by atoms with E-state index in [-0.39, 0.29) is 11.8 Å². The number of fused-ring (bicyclic) bond motifs is 1. The van der Waals surface area contributed by atoms with Gasteiger partial charge in [0.1, 0.15) is 23.9 Å². The fourth-order valence-electron chi connectivity index (χ4n) is 4.57. The quantitative estimate of drug-likeness (QED) is 0.349. The molecule has 3 aromatic carbocycles. The highest BCUT2D eigenvalue weighted by Crippen LogP contribution is 2.37. The lowest BCUT2D eigenvalue weighted by Gasteiger charge is -2.20. The number of para-hydroxylation sites is 4. The first-order chi connectivity index (χ1) is 16.5. The minimum Gasteiger partial charge on any atom is -0.495 e. The summed E-state index contributed by atoms with van der Waals surface area (Å²) in [6.07, 6.45) is 0.401. The van der Waals surface area contributed by atoms with E-state index in [1.807, 2.05) is 67.6 Å². The number of ether oxygens (including phenoxy) is 2. The summed E-state index contributed by atoms with van der Waals surface area (Å²) in [5.41, 5.74) is 3.73. The van der Waals surface area contributed by atoms with Crippen molar-refractivity contribution in [2.75, 3.05) is 25.2 Å². The zero-order valence-corrected chi connectivity index (χ0v) is 20.0. The molecular formula is C27H26ClN3O3. The Labute approximate surface area is 203 Å². The summed E-state index contributed by atoms with van der Waals surface area (Å²) in [5, 5.41) is 0.723. The van der Waals surface area contributed by atoms with Gasteiger partial charge in [-0.25, -0.2) is 4.98 Å². The fourth-order valence-corrected chi connectivity index (χ4v) is 4.69. The van der Waals surface area contributed by atoms with Gasteiger partial charge in [-0.05, 0) is 55.0 Å². The van der Waals surface area contributed by atoms with E-state index in [1.165, 1.54) is 0 Å². The van der Waals surface area contributed by atoms with Crippen LogP contribution in [0.1, 0.15) is 23.7 Å². The largest absolute Gasteiger partial charge is 0.495 e. The molecule has 1 aromatic heterocycles. The van der Waals surface area contributed by atoms with Crippen LogP contribution in [0.15, 0.2) is 66.7 Å². The summed E-state index contributed by atoms with van der Waals surface area (Å²) in [6.45, 7) is 3.61. The van der Waals surface area contributed by atoms with E-state index in [9.17, 15) is 4.79 Å². The Morgan fingerprint density at radius 1 is 1.09 bits per heavy atom. The van der Waals surface area contributed by atoms with E-state index in [1.54, 1.807) is 12.0 Å². The standard InChI is InChI=1S/C27H26ClN3O3/c1-18-15-20(11-12-21(18)28)34-14-13-30-23-8-4-3-7-22(23)29-27(30)19-16-26(32)31(17-19)24-9-5-6-10-25(24)33-2/h3-12,15,19H,13-14,16-17H2,1-2H3/t19-/m0/s1. The van der Waals surface area contributed by atoms with Crippen molar-refractivity contribution in [3.05, 3.63) is 83.1 Å². The first-order valence-corrected chi connectivity index (χ1v) is 11.7. The Kier molecular flexibility index (Phi) is 6.16. The number of carbonyl (C=O) groups is 1. The number of carbonyl (C=O) groups excluding carboxylic acids is 1. The maximum Gasteiger partial charge on any atom is 0.227 e. The smallest absolute Gasteiger partial charge is 0.227 e. The van der Waals surface area contributed by atoms with Gasteiger partial charge in [-0.2, -0.15) is 0 Å². The second-order valence-corrected chi connectivity index (χ2v) is 8.85. The van der Waals surface area contributed by atoms with Crippen molar-refractivity contribution in [2.45, 2.75) is 25.8 Å². The zero-order valence-electron chi connectivity index (χ0n) is 19.2. The van der Waals surface area contributed by atoms with Gasteiger partial charge in [0.2, 0.25) is 5.91 Å². The monoisotopic (exact) mass is 475 g/mol. The molecule has 0 aliphatic carbocycles. The normalized spacial score (nSPS) is 15.8. The van der Waals surface area contributed by atoms with Gasteiger partial charge in [0, 0.05) is 23.9 Å². The number of hydrogen-bond donors (Lipinski definition) is 0. The lowest BCUT2D eigenvalue weighted by molar-refractivity contribution is -0.117. The van der Waals surface area contributed by atoms with Crippen LogP contribution >= 0.6 is 11.6 Å². The van der Waals surface area contributed by atoms with Crippen LogP contribution in [0.5, 0.6) is 11.5 Å². The van der Waals surface area contributed by atoms with Crippen LogP contribution in [0.2, 0.25) is 5.02 Å². The first-order valence-electron chi connectivity index (χ1n) is 11.3. The van der Waals surface area contributed by atoms with Crippen molar-refractivity contribution in [3.63, 3.8) is 0 Å². The second-order valence-electron chi connectivity index (χ2n) is 8.45. The molecular weight excluding hydrogens is 450 g/mol. The maximum atomic E-state index is 13.0. The minimum atomic E-state index is -0.0254. The highest BCUT2D eigenvalue weighted by Gasteiger charge is 2.35. The van der Waals surface area contributed by atoms with E-state index in [0.717, 1.165) is 38.9 Å². The molecule has 0 unspecified atom stereocenters. The number of amides is 1. The Bertz CT molecular complexity index is 1350. The van der Waals surface area contributed by atoms with Gasteiger partial charge in [-0.15, -0.1) is 0 Å². The van der Waals surface area contributed by atoms with Crippen molar-refractivity contribution < 1.29 is 14.3 Å². The SMILES string of the molecule is COc1ccccc1N1C[C@@H](c2nc3ccccc3n2CCOc2ccc(Cl)c(C)c2)CC1=O. The summed E-state index contributed by atoms with van der Waals surface area (Å²) in [4.78, 5) is 19.7. The fraction of sp³-hybridized carbons (Fsp3) is 0.259. The van der Waals surface area contributed by atoms with E-state index in [2.05, 4.69) is 10.6 Å². The highest BCUT2D eigenvalue weighted by molar-refractivity contribution is 6.31. The van der Waals surface area contributed by atoms with Gasteiger partial charge >= 0.3 is 0 Å². The molecule has 7 heteroatoms. The molecule has 174 valence electrons. The third-order valence-electron chi connectivity index (χ3n) is 6.26. The lowest BCUT2D eigenvalue weighted by Crippen LogP contribution is -2.25. The molecule has 34 heavy (non-hydrogen) atoms. The molecule has 1 fully saturated rings. The topological polar surface area (TPSA) is 56.6 Å². The molecule has 0 radical (unpaired) electrons. The molecule has 2 heterocycles. The Balaban J connectivity index is 1.40. The molecule has 5 rings (SSSR count). The van der Waals surface area contributed by atoms with Gasteiger partial charge in [0.15, 0.2) is 0 Å². The number of aryl methyl sites for hydroxylation is 1.